The van der Waals surface area contributed by atoms with Crippen LogP contribution in [0.15, 0.2) is 24.3 Å². The van der Waals surface area contributed by atoms with E-state index in [2.05, 4.69) is 5.32 Å². The number of amides is 1. The number of anilines is 1. The summed E-state index contributed by atoms with van der Waals surface area (Å²) in [7, 11) is 0. The summed E-state index contributed by atoms with van der Waals surface area (Å²) >= 11 is 0. The van der Waals surface area contributed by atoms with Crippen molar-refractivity contribution in [1.82, 2.24) is 5.32 Å². The van der Waals surface area contributed by atoms with Gasteiger partial charge in [-0.3, -0.25) is 0 Å². The normalized spacial score (nSPS) is 12.2. The Balaban J connectivity index is 2.55. The first-order valence-corrected chi connectivity index (χ1v) is 5.31. The number of nitrogens with two attached hydrogens (primary N) is 1. The van der Waals surface area contributed by atoms with Crippen LogP contribution in [0.5, 0.6) is 0 Å². The molecule has 1 rings (SSSR count). The van der Waals surface area contributed by atoms with Crippen LogP contribution in [0.3, 0.4) is 0 Å². The lowest BCUT2D eigenvalue weighted by Crippen LogP contribution is -2.29. The van der Waals surface area contributed by atoms with Crippen LogP contribution in [-0.4, -0.2) is 12.2 Å². The topological polar surface area (TPSA) is 64.3 Å². The minimum absolute atomic E-state index is 0.0909. The predicted molar refractivity (Wildman–Crippen MR) is 64.0 cm³/mol. The Morgan fingerprint density at radius 2 is 1.81 bits per heavy atom. The van der Waals surface area contributed by atoms with Crippen molar-refractivity contribution in [2.75, 3.05) is 5.73 Å². The van der Waals surface area contributed by atoms with Gasteiger partial charge in [0, 0.05) is 5.69 Å². The largest absolute Gasteiger partial charge is 0.447 e. The highest BCUT2D eigenvalue weighted by Crippen LogP contribution is 2.14. The van der Waals surface area contributed by atoms with Crippen molar-refractivity contribution in [3.63, 3.8) is 0 Å². The summed E-state index contributed by atoms with van der Waals surface area (Å²) in [6.07, 6.45) is -0.516. The molecule has 1 atom stereocenters. The molecular weight excluding hydrogens is 204 g/mol. The third-order valence-corrected chi connectivity index (χ3v) is 2.11. The molecule has 1 unspecified atom stereocenters. The maximum atomic E-state index is 11.3. The van der Waals surface area contributed by atoms with E-state index in [1.807, 2.05) is 32.9 Å². The average molecular weight is 222 g/mol. The molecule has 0 aliphatic rings. The van der Waals surface area contributed by atoms with Crippen molar-refractivity contribution in [3.05, 3.63) is 29.8 Å². The highest BCUT2D eigenvalue weighted by molar-refractivity contribution is 5.68. The Labute approximate surface area is 95.8 Å². The van der Waals surface area contributed by atoms with E-state index in [-0.39, 0.29) is 12.1 Å². The van der Waals surface area contributed by atoms with Crippen molar-refractivity contribution in [1.29, 1.82) is 0 Å². The number of ether oxygens (including phenoxy) is 1. The number of carbonyl (C=O) groups excluding carboxylic acids is 1. The molecule has 0 aliphatic heterocycles. The number of hydrogen-bond donors (Lipinski definition) is 2. The summed E-state index contributed by atoms with van der Waals surface area (Å²) in [5.74, 6) is 0. The van der Waals surface area contributed by atoms with Crippen LogP contribution in [0.2, 0.25) is 0 Å². The van der Waals surface area contributed by atoms with Gasteiger partial charge in [-0.2, -0.15) is 0 Å². The molecule has 0 spiro atoms. The van der Waals surface area contributed by atoms with Crippen LogP contribution >= 0.6 is 0 Å². The van der Waals surface area contributed by atoms with Crippen LogP contribution in [-0.2, 0) is 4.74 Å². The lowest BCUT2D eigenvalue weighted by molar-refractivity contribution is 0.113. The zero-order valence-electron chi connectivity index (χ0n) is 9.86. The molecule has 88 valence electrons. The van der Waals surface area contributed by atoms with Crippen LogP contribution < -0.4 is 11.1 Å². The smallest absolute Gasteiger partial charge is 0.407 e. The predicted octanol–water partition coefficient (Wildman–Crippen LogP) is 2.46. The van der Waals surface area contributed by atoms with Crippen LogP contribution in [0.4, 0.5) is 10.5 Å². The quantitative estimate of drug-likeness (QED) is 0.772. The van der Waals surface area contributed by atoms with Crippen LogP contribution in [0.25, 0.3) is 0 Å². The van der Waals surface area contributed by atoms with Gasteiger partial charge < -0.3 is 15.8 Å². The van der Waals surface area contributed by atoms with E-state index >= 15 is 0 Å². The van der Waals surface area contributed by atoms with E-state index in [1.54, 1.807) is 12.1 Å². The van der Waals surface area contributed by atoms with Gasteiger partial charge in [0.25, 0.3) is 0 Å². The molecular formula is C12H18N2O2. The van der Waals surface area contributed by atoms with Crippen LogP contribution in [0.1, 0.15) is 32.4 Å². The van der Waals surface area contributed by atoms with Crippen molar-refractivity contribution in [2.45, 2.75) is 32.9 Å². The van der Waals surface area contributed by atoms with Gasteiger partial charge >= 0.3 is 6.09 Å². The van der Waals surface area contributed by atoms with Gasteiger partial charge in [0.2, 0.25) is 0 Å². The summed E-state index contributed by atoms with van der Waals surface area (Å²) in [4.78, 5) is 11.3. The Hall–Kier alpha value is -1.71. The second kappa shape index (κ2) is 5.39. The van der Waals surface area contributed by atoms with E-state index < -0.39 is 6.09 Å². The molecule has 0 bridgehead atoms. The number of nitrogens with one attached hydrogen (secondary N) is 1. The third-order valence-electron chi connectivity index (χ3n) is 2.11. The van der Waals surface area contributed by atoms with E-state index in [9.17, 15) is 4.79 Å². The molecule has 1 aromatic rings. The Morgan fingerprint density at radius 3 is 2.31 bits per heavy atom. The maximum Gasteiger partial charge on any atom is 0.407 e. The number of hydrogen-bond acceptors (Lipinski definition) is 3. The highest BCUT2D eigenvalue weighted by atomic mass is 16.6. The summed E-state index contributed by atoms with van der Waals surface area (Å²) in [6.45, 7) is 5.52. The number of benzene rings is 1. The molecule has 3 N–H and O–H groups in total. The molecule has 0 radical (unpaired) electrons. The van der Waals surface area contributed by atoms with E-state index in [1.165, 1.54) is 0 Å². The molecule has 0 fully saturated rings. The molecule has 1 amide bonds. The molecule has 0 heterocycles. The van der Waals surface area contributed by atoms with E-state index in [4.69, 9.17) is 10.5 Å². The Bertz CT molecular complexity index is 347. The standard InChI is InChI=1S/C12H18N2O2/c1-8(2)16-12(15)14-9(3)10-4-6-11(13)7-5-10/h4-9H,13H2,1-3H3,(H,14,15). The first-order valence-electron chi connectivity index (χ1n) is 5.31. The molecule has 1 aromatic carbocycles. The number of nitrogen functional groups attached to an aromatic ring is 1. The number of alkyl carbamates (subject to hydrolysis) is 1. The fourth-order valence-electron chi connectivity index (χ4n) is 1.29. The van der Waals surface area contributed by atoms with Crippen LogP contribution in [0, 0.1) is 0 Å². The average Bonchev–Trinajstić information content (AvgIpc) is 2.16. The zero-order valence-corrected chi connectivity index (χ0v) is 9.86. The highest BCUT2D eigenvalue weighted by Gasteiger charge is 2.10. The number of carbonyl (C=O) groups is 1. The molecule has 4 nitrogen and oxygen atoms in total. The van der Waals surface area contributed by atoms with Gasteiger partial charge in [-0.05, 0) is 38.5 Å². The summed E-state index contributed by atoms with van der Waals surface area (Å²) in [5, 5.41) is 2.74. The van der Waals surface area contributed by atoms with Crippen molar-refractivity contribution < 1.29 is 9.53 Å². The first-order chi connectivity index (χ1) is 7.49. The summed E-state index contributed by atoms with van der Waals surface area (Å²) < 4.78 is 4.99. The van der Waals surface area contributed by atoms with Crippen molar-refractivity contribution in [3.8, 4) is 0 Å². The van der Waals surface area contributed by atoms with Gasteiger partial charge in [0.05, 0.1) is 12.1 Å². The molecule has 0 saturated heterocycles. The first kappa shape index (κ1) is 12.4. The van der Waals surface area contributed by atoms with Gasteiger partial charge in [-0.1, -0.05) is 12.1 Å². The minimum Gasteiger partial charge on any atom is -0.447 e. The maximum absolute atomic E-state index is 11.3. The molecule has 0 aromatic heterocycles. The second-order valence-electron chi connectivity index (χ2n) is 3.99. The Morgan fingerprint density at radius 1 is 1.25 bits per heavy atom. The summed E-state index contributed by atoms with van der Waals surface area (Å²) in [6, 6.07) is 7.29. The Kier molecular flexibility index (Phi) is 4.17. The molecule has 16 heavy (non-hydrogen) atoms. The fraction of sp³-hybridized carbons (Fsp3) is 0.417. The molecule has 4 heteroatoms. The molecule has 0 aliphatic carbocycles. The van der Waals surface area contributed by atoms with Crippen molar-refractivity contribution >= 4 is 11.8 Å². The number of rotatable bonds is 3. The van der Waals surface area contributed by atoms with Gasteiger partial charge in [0.1, 0.15) is 0 Å². The second-order valence-corrected chi connectivity index (χ2v) is 3.99. The lowest BCUT2D eigenvalue weighted by atomic mass is 10.1. The fourth-order valence-corrected chi connectivity index (χ4v) is 1.29. The monoisotopic (exact) mass is 222 g/mol. The molecule has 0 saturated carbocycles. The lowest BCUT2D eigenvalue weighted by Gasteiger charge is -2.15. The zero-order chi connectivity index (χ0) is 12.1. The van der Waals surface area contributed by atoms with Gasteiger partial charge in [0.15, 0.2) is 0 Å². The van der Waals surface area contributed by atoms with Gasteiger partial charge in [-0.25, -0.2) is 4.79 Å². The van der Waals surface area contributed by atoms with Gasteiger partial charge in [-0.15, -0.1) is 0 Å². The summed E-state index contributed by atoms with van der Waals surface area (Å²) in [5.41, 5.74) is 7.29. The van der Waals surface area contributed by atoms with E-state index in [0.717, 1.165) is 5.56 Å². The SMILES string of the molecule is CC(C)OC(=O)NC(C)c1ccc(N)cc1. The third kappa shape index (κ3) is 3.81. The van der Waals surface area contributed by atoms with Crippen molar-refractivity contribution in [2.24, 2.45) is 0 Å². The minimum atomic E-state index is -0.403. The van der Waals surface area contributed by atoms with E-state index in [0.29, 0.717) is 5.69 Å².